The summed E-state index contributed by atoms with van der Waals surface area (Å²) < 4.78 is 10.6. The molecule has 0 aliphatic carbocycles. The molecule has 22 heavy (non-hydrogen) atoms. The molecular weight excluding hydrogens is 298 g/mol. The smallest absolute Gasteiger partial charge is 0.230 e. The summed E-state index contributed by atoms with van der Waals surface area (Å²) in [6, 6.07) is 4.21. The summed E-state index contributed by atoms with van der Waals surface area (Å²) in [5.41, 5.74) is 2.31. The fraction of sp³-hybridized carbons (Fsp3) is 0.588. The lowest BCUT2D eigenvalue weighted by atomic mass is 10.1. The van der Waals surface area contributed by atoms with Gasteiger partial charge in [0.25, 0.3) is 0 Å². The van der Waals surface area contributed by atoms with Gasteiger partial charge in [0, 0.05) is 11.8 Å². The lowest BCUT2D eigenvalue weighted by Crippen LogP contribution is -2.33. The molecule has 1 aromatic rings. The van der Waals surface area contributed by atoms with Gasteiger partial charge in [0.15, 0.2) is 11.5 Å². The fourth-order valence-electron chi connectivity index (χ4n) is 2.25. The van der Waals surface area contributed by atoms with Gasteiger partial charge in [-0.25, -0.2) is 0 Å². The molecule has 0 saturated carbocycles. The van der Waals surface area contributed by atoms with Crippen molar-refractivity contribution < 1.29 is 14.3 Å². The second-order valence-electron chi connectivity index (χ2n) is 5.38. The highest BCUT2D eigenvalue weighted by atomic mass is 32.2. The van der Waals surface area contributed by atoms with E-state index in [9.17, 15) is 4.79 Å². The minimum absolute atomic E-state index is 0.101. The summed E-state index contributed by atoms with van der Waals surface area (Å²) in [6.07, 6.45) is 2.10. The van der Waals surface area contributed by atoms with Crippen LogP contribution in [0.15, 0.2) is 12.1 Å². The first-order chi connectivity index (χ1) is 10.5. The fourth-order valence-corrected chi connectivity index (χ4v) is 3.16. The zero-order valence-corrected chi connectivity index (χ0v) is 15.0. The van der Waals surface area contributed by atoms with Crippen LogP contribution in [0.5, 0.6) is 11.5 Å². The summed E-state index contributed by atoms with van der Waals surface area (Å²) in [6.45, 7) is 6.21. The number of rotatable bonds is 9. The van der Waals surface area contributed by atoms with Gasteiger partial charge in [0.05, 0.1) is 20.0 Å². The van der Waals surface area contributed by atoms with Crippen LogP contribution in [0.4, 0.5) is 0 Å². The summed E-state index contributed by atoms with van der Waals surface area (Å²) >= 11 is 1.61. The Kier molecular flexibility index (Phi) is 8.17. The molecule has 1 rings (SSSR count). The van der Waals surface area contributed by atoms with Gasteiger partial charge in [0.1, 0.15) is 0 Å². The van der Waals surface area contributed by atoms with Gasteiger partial charge in [0.2, 0.25) is 5.91 Å². The van der Waals surface area contributed by atoms with Crippen LogP contribution in [0.3, 0.4) is 0 Å². The van der Waals surface area contributed by atoms with Crippen molar-refractivity contribution in [3.8, 4) is 11.5 Å². The lowest BCUT2D eigenvalue weighted by molar-refractivity contribution is -0.119. The van der Waals surface area contributed by atoms with Crippen molar-refractivity contribution in [1.82, 2.24) is 5.32 Å². The van der Waals surface area contributed by atoms with Crippen molar-refractivity contribution in [2.75, 3.05) is 20.0 Å². The number of carbonyl (C=O) groups is 1. The zero-order valence-electron chi connectivity index (χ0n) is 14.2. The Balaban J connectivity index is 2.53. The van der Waals surface area contributed by atoms with E-state index in [0.717, 1.165) is 41.2 Å². The van der Waals surface area contributed by atoms with Crippen molar-refractivity contribution in [2.24, 2.45) is 0 Å². The molecule has 1 aromatic carbocycles. The van der Waals surface area contributed by atoms with Gasteiger partial charge >= 0.3 is 0 Å². The number of ether oxygens (including phenoxy) is 2. The zero-order chi connectivity index (χ0) is 16.5. The van der Waals surface area contributed by atoms with Crippen LogP contribution in [-0.4, -0.2) is 31.9 Å². The Morgan fingerprint density at radius 1 is 1.27 bits per heavy atom. The van der Waals surface area contributed by atoms with Crippen molar-refractivity contribution in [1.29, 1.82) is 0 Å². The summed E-state index contributed by atoms with van der Waals surface area (Å²) in [7, 11) is 3.26. The minimum atomic E-state index is 0.101. The highest BCUT2D eigenvalue weighted by molar-refractivity contribution is 7.99. The number of thioether (sulfide) groups is 1. The molecule has 0 saturated heterocycles. The van der Waals surface area contributed by atoms with E-state index in [-0.39, 0.29) is 11.9 Å². The van der Waals surface area contributed by atoms with Crippen LogP contribution in [0.1, 0.15) is 37.8 Å². The van der Waals surface area contributed by atoms with Gasteiger partial charge in [-0.05, 0) is 43.5 Å². The third-order valence-electron chi connectivity index (χ3n) is 3.46. The molecule has 1 atom stereocenters. The Morgan fingerprint density at radius 2 is 1.91 bits per heavy atom. The van der Waals surface area contributed by atoms with Crippen LogP contribution in [0.25, 0.3) is 0 Å². The number of hydrogen-bond donors (Lipinski definition) is 1. The predicted molar refractivity (Wildman–Crippen MR) is 93.0 cm³/mol. The number of hydrogen-bond acceptors (Lipinski definition) is 4. The van der Waals surface area contributed by atoms with Gasteiger partial charge < -0.3 is 14.8 Å². The number of methoxy groups -OCH3 is 2. The van der Waals surface area contributed by atoms with Gasteiger partial charge in [-0.15, -0.1) is 11.8 Å². The van der Waals surface area contributed by atoms with Crippen LogP contribution in [-0.2, 0) is 10.5 Å². The third-order valence-corrected chi connectivity index (χ3v) is 4.44. The molecule has 0 unspecified atom stereocenters. The maximum absolute atomic E-state index is 11.9. The second-order valence-corrected chi connectivity index (χ2v) is 6.37. The SMILES string of the molecule is CCC[C@H](C)NC(=O)CSCc1cc(OC)c(OC)cc1C. The molecule has 0 spiro atoms. The largest absolute Gasteiger partial charge is 0.493 e. The van der Waals surface area contributed by atoms with Gasteiger partial charge in [-0.1, -0.05) is 13.3 Å². The van der Waals surface area contributed by atoms with Crippen LogP contribution >= 0.6 is 11.8 Å². The average molecular weight is 325 g/mol. The van der Waals surface area contributed by atoms with Crippen LogP contribution in [0, 0.1) is 6.92 Å². The van der Waals surface area contributed by atoms with E-state index in [1.54, 1.807) is 26.0 Å². The Bertz CT molecular complexity index is 491. The van der Waals surface area contributed by atoms with Crippen LogP contribution < -0.4 is 14.8 Å². The van der Waals surface area contributed by atoms with Gasteiger partial charge in [-0.2, -0.15) is 0 Å². The molecule has 0 bridgehead atoms. The topological polar surface area (TPSA) is 47.6 Å². The van der Waals surface area contributed by atoms with E-state index in [1.165, 1.54) is 0 Å². The minimum Gasteiger partial charge on any atom is -0.493 e. The van der Waals surface area contributed by atoms with Crippen molar-refractivity contribution in [3.63, 3.8) is 0 Å². The maximum Gasteiger partial charge on any atom is 0.230 e. The molecule has 4 nitrogen and oxygen atoms in total. The maximum atomic E-state index is 11.9. The number of nitrogens with one attached hydrogen (secondary N) is 1. The van der Waals surface area contributed by atoms with Gasteiger partial charge in [-0.3, -0.25) is 4.79 Å². The molecule has 5 heteroatoms. The number of benzene rings is 1. The molecule has 124 valence electrons. The molecular formula is C17H27NO3S. The van der Waals surface area contributed by atoms with E-state index in [1.807, 2.05) is 26.0 Å². The summed E-state index contributed by atoms with van der Waals surface area (Å²) in [4.78, 5) is 11.9. The molecule has 0 heterocycles. The molecule has 1 amide bonds. The quantitative estimate of drug-likeness (QED) is 0.754. The lowest BCUT2D eigenvalue weighted by Gasteiger charge is -2.14. The van der Waals surface area contributed by atoms with E-state index >= 15 is 0 Å². The van der Waals surface area contributed by atoms with Crippen molar-refractivity contribution in [2.45, 2.75) is 45.4 Å². The molecule has 0 radical (unpaired) electrons. The van der Waals surface area contributed by atoms with Crippen molar-refractivity contribution >= 4 is 17.7 Å². The summed E-state index contributed by atoms with van der Waals surface area (Å²) in [5.74, 6) is 2.82. The highest BCUT2D eigenvalue weighted by Gasteiger charge is 2.10. The predicted octanol–water partition coefficient (Wildman–Crippen LogP) is 3.55. The standard InChI is InChI=1S/C17H27NO3S/c1-6-7-13(3)18-17(19)11-22-10-14-9-16(21-5)15(20-4)8-12(14)2/h8-9,13H,6-7,10-11H2,1-5H3,(H,18,19)/t13-/m0/s1. The third kappa shape index (κ3) is 5.79. The number of amides is 1. The molecule has 0 fully saturated rings. The Hall–Kier alpha value is -1.36. The normalized spacial score (nSPS) is 11.9. The average Bonchev–Trinajstić information content (AvgIpc) is 2.48. The van der Waals surface area contributed by atoms with Crippen LogP contribution in [0.2, 0.25) is 0 Å². The highest BCUT2D eigenvalue weighted by Crippen LogP contribution is 2.31. The molecule has 1 N–H and O–H groups in total. The molecule has 0 aliphatic heterocycles. The number of aryl methyl sites for hydroxylation is 1. The Morgan fingerprint density at radius 3 is 2.50 bits per heavy atom. The van der Waals surface area contributed by atoms with E-state index in [2.05, 4.69) is 12.2 Å². The summed E-state index contributed by atoms with van der Waals surface area (Å²) in [5, 5.41) is 3.02. The molecule has 0 aromatic heterocycles. The van der Waals surface area contributed by atoms with Crippen molar-refractivity contribution in [3.05, 3.63) is 23.3 Å². The van der Waals surface area contributed by atoms with E-state index in [4.69, 9.17) is 9.47 Å². The van der Waals surface area contributed by atoms with E-state index < -0.39 is 0 Å². The van der Waals surface area contributed by atoms with E-state index in [0.29, 0.717) is 5.75 Å². The first kappa shape index (κ1) is 18.7. The first-order valence-corrected chi connectivity index (χ1v) is 8.75. The first-order valence-electron chi connectivity index (χ1n) is 7.60. The number of carbonyl (C=O) groups excluding carboxylic acids is 1. The molecule has 0 aliphatic rings. The second kappa shape index (κ2) is 9.62. The monoisotopic (exact) mass is 325 g/mol. The Labute approximate surface area is 138 Å².